The molecule has 1 rings (SSSR count). The Morgan fingerprint density at radius 1 is 1.47 bits per heavy atom. The molecular weight excluding hydrogens is 212 g/mol. The van der Waals surface area contributed by atoms with E-state index < -0.39 is 5.97 Å². The molecule has 0 heterocycles. The van der Waals surface area contributed by atoms with Gasteiger partial charge >= 0.3 is 5.97 Å². The summed E-state index contributed by atoms with van der Waals surface area (Å²) in [4.78, 5) is 10.8. The first-order valence-corrected chi connectivity index (χ1v) is 5.94. The third-order valence-corrected chi connectivity index (χ3v) is 2.67. The number of carbonyl (C=O) groups is 1. The van der Waals surface area contributed by atoms with Crippen LogP contribution in [0.15, 0.2) is 24.3 Å². The van der Waals surface area contributed by atoms with Gasteiger partial charge in [0.2, 0.25) is 0 Å². The molecule has 0 aliphatic rings. The summed E-state index contributed by atoms with van der Waals surface area (Å²) in [7, 11) is 0. The summed E-state index contributed by atoms with van der Waals surface area (Å²) in [6.45, 7) is 2.62. The van der Waals surface area contributed by atoms with Gasteiger partial charge in [0.1, 0.15) is 11.3 Å². The lowest BCUT2D eigenvalue weighted by Crippen LogP contribution is -2.05. The molecule has 4 heteroatoms. The van der Waals surface area contributed by atoms with E-state index in [1.54, 1.807) is 36.0 Å². The number of carboxylic acids is 1. The molecule has 0 fully saturated rings. The van der Waals surface area contributed by atoms with Crippen LogP contribution >= 0.6 is 11.8 Å². The Hall–Kier alpha value is -1.16. The zero-order valence-corrected chi connectivity index (χ0v) is 9.42. The summed E-state index contributed by atoms with van der Waals surface area (Å²) < 4.78 is 5.40. The minimum atomic E-state index is -0.950. The first-order chi connectivity index (χ1) is 7.25. The van der Waals surface area contributed by atoms with E-state index in [9.17, 15) is 4.79 Å². The lowest BCUT2D eigenvalue weighted by atomic mass is 10.2. The molecule has 1 N–H and O–H groups in total. The number of ether oxygens (including phenoxy) is 1. The van der Waals surface area contributed by atoms with Gasteiger partial charge in [-0.2, -0.15) is 11.8 Å². The Morgan fingerprint density at radius 3 is 2.87 bits per heavy atom. The number of hydrogen-bond donors (Lipinski definition) is 1. The normalized spacial score (nSPS) is 9.93. The van der Waals surface area contributed by atoms with Crippen LogP contribution in [0.3, 0.4) is 0 Å². The van der Waals surface area contributed by atoms with Gasteiger partial charge in [-0.3, -0.25) is 0 Å². The predicted octanol–water partition coefficient (Wildman–Crippen LogP) is 2.52. The van der Waals surface area contributed by atoms with E-state index in [4.69, 9.17) is 9.84 Å². The maximum Gasteiger partial charge on any atom is 0.339 e. The molecule has 0 atom stereocenters. The topological polar surface area (TPSA) is 46.5 Å². The van der Waals surface area contributed by atoms with Crippen molar-refractivity contribution in [2.45, 2.75) is 6.92 Å². The lowest BCUT2D eigenvalue weighted by molar-refractivity contribution is 0.0692. The van der Waals surface area contributed by atoms with Crippen molar-refractivity contribution in [2.24, 2.45) is 0 Å². The van der Waals surface area contributed by atoms with E-state index in [-0.39, 0.29) is 5.56 Å². The Kier molecular flexibility index (Phi) is 5.04. The van der Waals surface area contributed by atoms with Crippen molar-refractivity contribution < 1.29 is 14.6 Å². The van der Waals surface area contributed by atoms with E-state index in [0.717, 1.165) is 11.5 Å². The predicted molar refractivity (Wildman–Crippen MR) is 61.9 cm³/mol. The molecular formula is C11H14O3S. The SMILES string of the molecule is CCSCCOc1ccccc1C(=O)O. The maximum atomic E-state index is 10.8. The first kappa shape index (κ1) is 11.9. The molecule has 0 radical (unpaired) electrons. The van der Waals surface area contributed by atoms with Crippen molar-refractivity contribution in [3.8, 4) is 5.75 Å². The quantitative estimate of drug-likeness (QED) is 0.757. The molecule has 0 aromatic heterocycles. The molecule has 0 aliphatic heterocycles. The van der Waals surface area contributed by atoms with Crippen molar-refractivity contribution in [2.75, 3.05) is 18.1 Å². The number of carboxylic acid groups (broad SMARTS) is 1. The van der Waals surface area contributed by atoms with Crippen LogP contribution in [-0.4, -0.2) is 29.2 Å². The van der Waals surface area contributed by atoms with Crippen molar-refractivity contribution >= 4 is 17.7 Å². The summed E-state index contributed by atoms with van der Waals surface area (Å²) in [6.07, 6.45) is 0. The second kappa shape index (κ2) is 6.35. The lowest BCUT2D eigenvalue weighted by Gasteiger charge is -2.07. The smallest absolute Gasteiger partial charge is 0.339 e. The van der Waals surface area contributed by atoms with Crippen LogP contribution in [-0.2, 0) is 0 Å². The molecule has 0 amide bonds. The highest BCUT2D eigenvalue weighted by atomic mass is 32.2. The van der Waals surface area contributed by atoms with Crippen LogP contribution in [0, 0.1) is 0 Å². The van der Waals surface area contributed by atoms with E-state index in [1.807, 2.05) is 0 Å². The van der Waals surface area contributed by atoms with Crippen molar-refractivity contribution in [3.63, 3.8) is 0 Å². The van der Waals surface area contributed by atoms with Gasteiger partial charge in [0.15, 0.2) is 0 Å². The number of benzene rings is 1. The minimum absolute atomic E-state index is 0.221. The molecule has 15 heavy (non-hydrogen) atoms. The van der Waals surface area contributed by atoms with Crippen molar-refractivity contribution in [3.05, 3.63) is 29.8 Å². The molecule has 1 aromatic carbocycles. The molecule has 3 nitrogen and oxygen atoms in total. The summed E-state index contributed by atoms with van der Waals surface area (Å²) in [5.74, 6) is 1.42. The highest BCUT2D eigenvalue weighted by molar-refractivity contribution is 7.99. The molecule has 0 aliphatic carbocycles. The van der Waals surface area contributed by atoms with Gasteiger partial charge in [0.05, 0.1) is 6.61 Å². The summed E-state index contributed by atoms with van der Waals surface area (Å²) in [6, 6.07) is 6.69. The highest BCUT2D eigenvalue weighted by Gasteiger charge is 2.09. The van der Waals surface area contributed by atoms with Crippen LogP contribution in [0.1, 0.15) is 17.3 Å². The Bertz CT molecular complexity index is 325. The molecule has 0 bridgehead atoms. The second-order valence-corrected chi connectivity index (χ2v) is 4.24. The van der Waals surface area contributed by atoms with Crippen LogP contribution in [0.25, 0.3) is 0 Å². The standard InChI is InChI=1S/C11H14O3S/c1-2-15-8-7-14-10-6-4-3-5-9(10)11(12)13/h3-6H,2,7-8H2,1H3,(H,12,13). The summed E-state index contributed by atoms with van der Waals surface area (Å²) >= 11 is 1.77. The van der Waals surface area contributed by atoms with Crippen LogP contribution in [0.5, 0.6) is 5.75 Å². The van der Waals surface area contributed by atoms with Crippen molar-refractivity contribution in [1.29, 1.82) is 0 Å². The largest absolute Gasteiger partial charge is 0.492 e. The average Bonchev–Trinajstić information content (AvgIpc) is 2.25. The van der Waals surface area contributed by atoms with Gasteiger partial charge in [0, 0.05) is 5.75 Å². The fraction of sp³-hybridized carbons (Fsp3) is 0.364. The number of para-hydroxylation sites is 1. The van der Waals surface area contributed by atoms with Crippen LogP contribution in [0.2, 0.25) is 0 Å². The number of thioether (sulfide) groups is 1. The van der Waals surface area contributed by atoms with E-state index in [2.05, 4.69) is 6.92 Å². The zero-order valence-electron chi connectivity index (χ0n) is 8.60. The Morgan fingerprint density at radius 2 is 2.20 bits per heavy atom. The Labute approximate surface area is 93.4 Å². The summed E-state index contributed by atoms with van der Waals surface area (Å²) in [5.41, 5.74) is 0.221. The van der Waals surface area contributed by atoms with Gasteiger partial charge in [0.25, 0.3) is 0 Å². The number of hydrogen-bond acceptors (Lipinski definition) is 3. The molecule has 0 unspecified atom stereocenters. The van der Waals surface area contributed by atoms with Crippen molar-refractivity contribution in [1.82, 2.24) is 0 Å². The minimum Gasteiger partial charge on any atom is -0.492 e. The van der Waals surface area contributed by atoms with Gasteiger partial charge in [-0.15, -0.1) is 0 Å². The third kappa shape index (κ3) is 3.83. The molecule has 1 aromatic rings. The summed E-state index contributed by atoms with van der Waals surface area (Å²) in [5, 5.41) is 8.88. The first-order valence-electron chi connectivity index (χ1n) is 4.78. The monoisotopic (exact) mass is 226 g/mol. The van der Waals surface area contributed by atoms with Gasteiger partial charge in [-0.05, 0) is 17.9 Å². The van der Waals surface area contributed by atoms with Gasteiger partial charge in [-0.25, -0.2) is 4.79 Å². The number of rotatable bonds is 6. The molecule has 0 saturated carbocycles. The van der Waals surface area contributed by atoms with Gasteiger partial charge < -0.3 is 9.84 Å². The second-order valence-electron chi connectivity index (χ2n) is 2.85. The van der Waals surface area contributed by atoms with E-state index >= 15 is 0 Å². The number of aromatic carboxylic acids is 1. The fourth-order valence-corrected chi connectivity index (χ4v) is 1.61. The average molecular weight is 226 g/mol. The van der Waals surface area contributed by atoms with E-state index in [1.165, 1.54) is 0 Å². The van der Waals surface area contributed by atoms with Gasteiger partial charge in [-0.1, -0.05) is 19.1 Å². The molecule has 82 valence electrons. The van der Waals surface area contributed by atoms with E-state index in [0.29, 0.717) is 12.4 Å². The third-order valence-electron chi connectivity index (χ3n) is 1.81. The zero-order chi connectivity index (χ0) is 11.1. The maximum absolute atomic E-state index is 10.8. The highest BCUT2D eigenvalue weighted by Crippen LogP contribution is 2.17. The Balaban J connectivity index is 2.56. The molecule has 0 saturated heterocycles. The fourth-order valence-electron chi connectivity index (χ4n) is 1.12. The van der Waals surface area contributed by atoms with Crippen LogP contribution in [0.4, 0.5) is 0 Å². The van der Waals surface area contributed by atoms with Crippen LogP contribution < -0.4 is 4.74 Å². The molecule has 0 spiro atoms.